The number of amides is 1. The summed E-state index contributed by atoms with van der Waals surface area (Å²) in [5.74, 6) is -0.704. The normalized spacial score (nSPS) is 11.9. The van der Waals surface area contributed by atoms with E-state index in [9.17, 15) is 14.4 Å². The third-order valence-corrected chi connectivity index (χ3v) is 6.90. The molecule has 0 fully saturated rings. The first kappa shape index (κ1) is 32.3. The molecule has 0 saturated carbocycles. The van der Waals surface area contributed by atoms with Crippen LogP contribution in [0, 0.1) is 0 Å². The van der Waals surface area contributed by atoms with Crippen molar-refractivity contribution in [2.24, 2.45) is 0 Å². The predicted molar refractivity (Wildman–Crippen MR) is 145 cm³/mol. The number of carbonyl (C=O) groups excluding carboxylic acids is 2. The molecule has 0 unspecified atom stereocenters. The van der Waals surface area contributed by atoms with Crippen molar-refractivity contribution in [3.8, 4) is 0 Å². The van der Waals surface area contributed by atoms with Gasteiger partial charge in [0.25, 0.3) is 0 Å². The molecule has 0 aliphatic heterocycles. The molecule has 1 amide bonds. The lowest BCUT2D eigenvalue weighted by Crippen LogP contribution is -2.30. The van der Waals surface area contributed by atoms with E-state index in [1.165, 1.54) is 83.5 Å². The van der Waals surface area contributed by atoms with Gasteiger partial charge in [-0.3, -0.25) is 9.59 Å². The van der Waals surface area contributed by atoms with Gasteiger partial charge in [-0.05, 0) is 32.1 Å². The van der Waals surface area contributed by atoms with Gasteiger partial charge in [-0.2, -0.15) is 0 Å². The maximum absolute atomic E-state index is 11.8. The number of halogens is 1. The van der Waals surface area contributed by atoms with Crippen LogP contribution in [0.5, 0.6) is 0 Å². The van der Waals surface area contributed by atoms with Crippen molar-refractivity contribution < 1.29 is 19.5 Å². The molecule has 194 valence electrons. The van der Waals surface area contributed by atoms with Crippen LogP contribution in [-0.4, -0.2) is 35.9 Å². The number of rotatable bonds is 26. The van der Waals surface area contributed by atoms with Gasteiger partial charge in [0.15, 0.2) is 0 Å². The number of carboxylic acid groups (broad SMARTS) is 1. The molecule has 0 heterocycles. The van der Waals surface area contributed by atoms with Gasteiger partial charge in [0.2, 0.25) is 5.91 Å². The summed E-state index contributed by atoms with van der Waals surface area (Å²) in [7, 11) is 0. The molecule has 0 saturated heterocycles. The fourth-order valence-corrected chi connectivity index (χ4v) is 4.58. The second kappa shape index (κ2) is 25.9. The average Bonchev–Trinajstić information content (AvgIpc) is 2.80. The Morgan fingerprint density at radius 1 is 0.697 bits per heavy atom. The Morgan fingerprint density at radius 3 is 1.58 bits per heavy atom. The molecule has 3 N–H and O–H groups in total. The topological polar surface area (TPSA) is 95.5 Å². The van der Waals surface area contributed by atoms with E-state index in [2.05, 4.69) is 8.85 Å². The first-order valence-corrected chi connectivity index (χ1v) is 14.5. The van der Waals surface area contributed by atoms with Gasteiger partial charge in [-0.15, -0.1) is 0 Å². The fourth-order valence-electron chi connectivity index (χ4n) is 4.00. The third kappa shape index (κ3) is 24.2. The molecule has 7 heteroatoms. The second-order valence-electron chi connectivity index (χ2n) is 9.21. The number of nitrogens with one attached hydrogen (secondary N) is 2. The molecule has 0 aliphatic rings. The highest BCUT2D eigenvalue weighted by Gasteiger charge is 2.14. The molecule has 0 bridgehead atoms. The smallest absolute Gasteiger partial charge is 0.321 e. The molecule has 6 nitrogen and oxygen atoms in total. The molecule has 0 aromatic rings. The summed E-state index contributed by atoms with van der Waals surface area (Å²) in [5.41, 5.74) is 0. The zero-order valence-corrected chi connectivity index (χ0v) is 22.9. The maximum atomic E-state index is 11.8. The molecule has 0 aromatic heterocycles. The first-order chi connectivity index (χ1) is 16.1. The minimum Gasteiger partial charge on any atom is -0.480 e. The van der Waals surface area contributed by atoms with Crippen molar-refractivity contribution >= 4 is 41.0 Å². The Labute approximate surface area is 216 Å². The number of carbonyl (C=O) groups is 3. The second-order valence-corrected chi connectivity index (χ2v) is 9.83. The van der Waals surface area contributed by atoms with Crippen molar-refractivity contribution in [2.75, 3.05) is 6.54 Å². The molecule has 0 spiro atoms. The Morgan fingerprint density at radius 2 is 1.15 bits per heavy atom. The number of aldehydes is 1. The van der Waals surface area contributed by atoms with E-state index in [0.29, 0.717) is 19.4 Å². The lowest BCUT2D eigenvalue weighted by atomic mass is 10.0. The summed E-state index contributed by atoms with van der Waals surface area (Å²) in [6, 6.07) is -0.507. The van der Waals surface area contributed by atoms with Crippen LogP contribution < -0.4 is 8.85 Å². The Hall–Kier alpha value is -0.700. The van der Waals surface area contributed by atoms with Crippen molar-refractivity contribution in [3.63, 3.8) is 0 Å². The molecule has 1 atom stereocenters. The highest BCUT2D eigenvalue weighted by molar-refractivity contribution is 14.1. The lowest BCUT2D eigenvalue weighted by Gasteiger charge is -2.09. The van der Waals surface area contributed by atoms with Gasteiger partial charge in [0, 0.05) is 42.3 Å². The molecular weight excluding hydrogens is 531 g/mol. The highest BCUT2D eigenvalue weighted by atomic mass is 127. The van der Waals surface area contributed by atoms with Crippen LogP contribution in [0.2, 0.25) is 0 Å². The van der Waals surface area contributed by atoms with E-state index in [0.717, 1.165) is 44.8 Å². The molecular formula is C26H49IN2O4. The number of hydrogen-bond donors (Lipinski definition) is 3. The van der Waals surface area contributed by atoms with Gasteiger partial charge in [0.1, 0.15) is 12.3 Å². The summed E-state index contributed by atoms with van der Waals surface area (Å²) in [6.45, 7) is 0.634. The number of aliphatic carboxylic acids is 1. The zero-order valence-electron chi connectivity index (χ0n) is 20.8. The number of hydrogen-bond acceptors (Lipinski definition) is 4. The SMILES string of the molecule is O=CCCCCCCCCCCCCCCCCCCC(=O)NCCCC[C@H](NI)C(=O)O. The summed E-state index contributed by atoms with van der Waals surface area (Å²) in [4.78, 5) is 33.0. The standard InChI is InChI=1S/C26H49IN2O4/c27-29-24(26(32)33)20-17-18-22-28-25(31)21-16-14-12-10-8-6-4-2-1-3-5-7-9-11-13-15-19-23-30/h23-24,29H,1-22H2,(H,28,31)(H,32,33)/t24-/m0/s1. The third-order valence-electron chi connectivity index (χ3n) is 6.15. The molecule has 0 rings (SSSR count). The van der Waals surface area contributed by atoms with Crippen LogP contribution in [0.4, 0.5) is 0 Å². The molecule has 0 radical (unpaired) electrons. The van der Waals surface area contributed by atoms with Gasteiger partial charge < -0.3 is 15.2 Å². The monoisotopic (exact) mass is 580 g/mol. The summed E-state index contributed by atoms with van der Waals surface area (Å²) < 4.78 is 2.75. The Kier molecular flexibility index (Phi) is 25.4. The molecule has 0 aliphatic carbocycles. The fraction of sp³-hybridized carbons (Fsp3) is 0.885. The largest absolute Gasteiger partial charge is 0.480 e. The van der Waals surface area contributed by atoms with Crippen molar-refractivity contribution in [3.05, 3.63) is 0 Å². The lowest BCUT2D eigenvalue weighted by molar-refractivity contribution is -0.139. The number of carboxylic acids is 1. The van der Waals surface area contributed by atoms with Crippen molar-refractivity contribution in [1.29, 1.82) is 0 Å². The number of unbranched alkanes of at least 4 members (excludes halogenated alkanes) is 17. The van der Waals surface area contributed by atoms with Crippen LogP contribution in [0.25, 0.3) is 0 Å². The van der Waals surface area contributed by atoms with Crippen LogP contribution in [0.1, 0.15) is 135 Å². The summed E-state index contributed by atoms with van der Waals surface area (Å²) in [6.07, 6.45) is 24.9. The average molecular weight is 581 g/mol. The predicted octanol–water partition coefficient (Wildman–Crippen LogP) is 6.89. The molecule has 0 aromatic carbocycles. The van der Waals surface area contributed by atoms with Gasteiger partial charge in [0.05, 0.1) is 0 Å². The minimum atomic E-state index is -0.824. The summed E-state index contributed by atoms with van der Waals surface area (Å²) >= 11 is 1.87. The van der Waals surface area contributed by atoms with E-state index < -0.39 is 12.0 Å². The quantitative estimate of drug-likeness (QED) is 0.0449. The van der Waals surface area contributed by atoms with Crippen LogP contribution in [0.15, 0.2) is 0 Å². The Bertz CT molecular complexity index is 477. The van der Waals surface area contributed by atoms with E-state index >= 15 is 0 Å². The van der Waals surface area contributed by atoms with Crippen molar-refractivity contribution in [2.45, 2.75) is 141 Å². The Balaban J connectivity index is 3.23. The van der Waals surface area contributed by atoms with Crippen molar-refractivity contribution in [1.82, 2.24) is 8.85 Å². The van der Waals surface area contributed by atoms with E-state index in [1.54, 1.807) is 0 Å². The van der Waals surface area contributed by atoms with Gasteiger partial charge in [-0.1, -0.05) is 89.9 Å². The highest BCUT2D eigenvalue weighted by Crippen LogP contribution is 2.14. The van der Waals surface area contributed by atoms with E-state index in [-0.39, 0.29) is 5.91 Å². The van der Waals surface area contributed by atoms with Crippen LogP contribution in [-0.2, 0) is 14.4 Å². The minimum absolute atomic E-state index is 0.120. The van der Waals surface area contributed by atoms with Gasteiger partial charge >= 0.3 is 5.97 Å². The maximum Gasteiger partial charge on any atom is 0.321 e. The summed E-state index contributed by atoms with van der Waals surface area (Å²) in [5, 5.41) is 11.9. The van der Waals surface area contributed by atoms with Crippen LogP contribution >= 0.6 is 22.9 Å². The first-order valence-electron chi connectivity index (χ1n) is 13.4. The van der Waals surface area contributed by atoms with Crippen LogP contribution in [0.3, 0.4) is 0 Å². The van der Waals surface area contributed by atoms with E-state index in [4.69, 9.17) is 5.11 Å². The van der Waals surface area contributed by atoms with Gasteiger partial charge in [-0.25, -0.2) is 3.53 Å². The van der Waals surface area contributed by atoms with E-state index in [1.807, 2.05) is 22.9 Å². The zero-order chi connectivity index (χ0) is 24.4. The molecule has 33 heavy (non-hydrogen) atoms.